The van der Waals surface area contributed by atoms with Crippen LogP contribution in [0.5, 0.6) is 0 Å². The molecule has 0 aliphatic carbocycles. The van der Waals surface area contributed by atoms with E-state index in [0.29, 0.717) is 11.3 Å². The van der Waals surface area contributed by atoms with E-state index in [-0.39, 0.29) is 17.0 Å². The van der Waals surface area contributed by atoms with Gasteiger partial charge in [0.25, 0.3) is 5.69 Å². The number of non-ortho nitro benzene ring substituents is 1. The van der Waals surface area contributed by atoms with Gasteiger partial charge < -0.3 is 15.2 Å². The lowest BCUT2D eigenvalue weighted by Crippen LogP contribution is -2.38. The number of nitro groups is 1. The number of rotatable bonds is 4. The van der Waals surface area contributed by atoms with Gasteiger partial charge in [-0.2, -0.15) is 0 Å². The number of benzene rings is 1. The summed E-state index contributed by atoms with van der Waals surface area (Å²) in [5.74, 6) is -4.00. The number of methoxy groups -OCH3 is 1. The third-order valence-corrected chi connectivity index (χ3v) is 3.88. The van der Waals surface area contributed by atoms with Crippen molar-refractivity contribution >= 4 is 17.6 Å². The Kier molecular flexibility index (Phi) is 4.68. The van der Waals surface area contributed by atoms with Crippen LogP contribution in [0.4, 0.5) is 5.69 Å². The zero-order valence-electron chi connectivity index (χ0n) is 13.1. The Labute approximate surface area is 137 Å². The van der Waals surface area contributed by atoms with Gasteiger partial charge in [-0.3, -0.25) is 14.9 Å². The lowest BCUT2D eigenvalue weighted by atomic mass is 9.75. The van der Waals surface area contributed by atoms with Crippen molar-refractivity contribution in [3.05, 3.63) is 63.5 Å². The van der Waals surface area contributed by atoms with Gasteiger partial charge in [0.2, 0.25) is 0 Å². The van der Waals surface area contributed by atoms with Gasteiger partial charge in [-0.15, -0.1) is 0 Å². The maximum atomic E-state index is 12.2. The summed E-state index contributed by atoms with van der Waals surface area (Å²) >= 11 is 0. The third-order valence-electron chi connectivity index (χ3n) is 3.88. The highest BCUT2D eigenvalue weighted by atomic mass is 16.6. The molecule has 1 heterocycles. The average molecular weight is 332 g/mol. The van der Waals surface area contributed by atoms with E-state index in [1.54, 1.807) is 13.0 Å². The number of nitrogens with zero attached hydrogens (tertiary/aromatic N) is 1. The molecule has 0 bridgehead atoms. The first kappa shape index (κ1) is 17.2. The van der Waals surface area contributed by atoms with E-state index in [2.05, 4.69) is 11.9 Å². The zero-order chi connectivity index (χ0) is 18.0. The monoisotopic (exact) mass is 332 g/mol. The summed E-state index contributed by atoms with van der Waals surface area (Å²) in [4.78, 5) is 34.3. The van der Waals surface area contributed by atoms with E-state index >= 15 is 0 Å². The average Bonchev–Trinajstić information content (AvgIpc) is 2.53. The molecule has 0 spiro atoms. The summed E-state index contributed by atoms with van der Waals surface area (Å²) in [5.41, 5.74) is 0.851. The van der Waals surface area contributed by atoms with E-state index in [0.717, 1.165) is 0 Å². The van der Waals surface area contributed by atoms with Gasteiger partial charge in [0, 0.05) is 29.4 Å². The fraction of sp³-hybridized carbons (Fsp3) is 0.250. The maximum absolute atomic E-state index is 12.2. The Bertz CT molecular complexity index is 768. The van der Waals surface area contributed by atoms with E-state index in [4.69, 9.17) is 4.74 Å². The van der Waals surface area contributed by atoms with Crippen molar-refractivity contribution in [1.82, 2.24) is 5.32 Å². The molecule has 0 radical (unpaired) electrons. The topological polar surface area (TPSA) is 119 Å². The third kappa shape index (κ3) is 2.98. The molecule has 1 aliphatic rings. The Morgan fingerprint density at radius 2 is 2.08 bits per heavy atom. The summed E-state index contributed by atoms with van der Waals surface area (Å²) in [6.45, 7) is 5.31. The van der Waals surface area contributed by atoms with E-state index in [9.17, 15) is 24.8 Å². The largest absolute Gasteiger partial charge is 0.481 e. The number of esters is 1. The fourth-order valence-electron chi connectivity index (χ4n) is 2.86. The first-order chi connectivity index (χ1) is 11.3. The quantitative estimate of drug-likeness (QED) is 0.491. The highest BCUT2D eigenvalue weighted by molar-refractivity contribution is 5.94. The van der Waals surface area contributed by atoms with Crippen LogP contribution in [0.2, 0.25) is 0 Å². The van der Waals surface area contributed by atoms with Gasteiger partial charge in [0.15, 0.2) is 0 Å². The van der Waals surface area contributed by atoms with Crippen molar-refractivity contribution in [1.29, 1.82) is 0 Å². The number of nitrogens with one attached hydrogen (secondary N) is 1. The van der Waals surface area contributed by atoms with Gasteiger partial charge in [0.1, 0.15) is 5.92 Å². The van der Waals surface area contributed by atoms with Crippen LogP contribution in [0.3, 0.4) is 0 Å². The number of carboxylic acids is 1. The Morgan fingerprint density at radius 1 is 1.42 bits per heavy atom. The normalized spacial score (nSPS) is 20.3. The molecule has 1 aromatic carbocycles. The van der Waals surface area contributed by atoms with Crippen molar-refractivity contribution in [2.75, 3.05) is 7.11 Å². The summed E-state index contributed by atoms with van der Waals surface area (Å²) in [6.07, 6.45) is 0. The van der Waals surface area contributed by atoms with Gasteiger partial charge in [0.05, 0.1) is 17.6 Å². The standard InChI is InChI=1S/C16H16N2O6/c1-8-12(15(19)20)14(13(9(2)17-8)16(21)24-3)10-5-4-6-11(7-10)18(22)23/h4-7,12,14,17H,1H2,2-3H3,(H,19,20). The molecule has 0 amide bonds. The molecule has 0 saturated carbocycles. The van der Waals surface area contributed by atoms with E-state index < -0.39 is 28.7 Å². The second-order valence-electron chi connectivity index (χ2n) is 5.33. The van der Waals surface area contributed by atoms with Crippen LogP contribution in [-0.4, -0.2) is 29.1 Å². The predicted molar refractivity (Wildman–Crippen MR) is 84.0 cm³/mol. The Hall–Kier alpha value is -3.16. The van der Waals surface area contributed by atoms with Gasteiger partial charge in [-0.05, 0) is 12.5 Å². The molecule has 8 heteroatoms. The summed E-state index contributed by atoms with van der Waals surface area (Å²) in [5, 5.41) is 23.4. The van der Waals surface area contributed by atoms with Gasteiger partial charge >= 0.3 is 11.9 Å². The number of carbonyl (C=O) groups excluding carboxylic acids is 1. The number of allylic oxidation sites excluding steroid dienone is 1. The number of hydrogen-bond acceptors (Lipinski definition) is 6. The van der Waals surface area contributed by atoms with Gasteiger partial charge in [-0.1, -0.05) is 18.7 Å². The lowest BCUT2D eigenvalue weighted by molar-refractivity contribution is -0.384. The zero-order valence-corrected chi connectivity index (χ0v) is 13.1. The number of ether oxygens (including phenoxy) is 1. The summed E-state index contributed by atoms with van der Waals surface area (Å²) in [7, 11) is 1.19. The molecule has 2 atom stereocenters. The second-order valence-corrected chi connectivity index (χ2v) is 5.33. The smallest absolute Gasteiger partial charge is 0.336 e. The minimum Gasteiger partial charge on any atom is -0.481 e. The van der Waals surface area contributed by atoms with Crippen LogP contribution < -0.4 is 5.32 Å². The van der Waals surface area contributed by atoms with Gasteiger partial charge in [-0.25, -0.2) is 4.79 Å². The number of carboxylic acid groups (broad SMARTS) is 1. The first-order valence-corrected chi connectivity index (χ1v) is 7.00. The van der Waals surface area contributed by atoms with Crippen molar-refractivity contribution in [3.8, 4) is 0 Å². The molecule has 0 saturated heterocycles. The first-order valence-electron chi connectivity index (χ1n) is 7.00. The van der Waals surface area contributed by atoms with Crippen LogP contribution in [-0.2, 0) is 14.3 Å². The maximum Gasteiger partial charge on any atom is 0.336 e. The van der Waals surface area contributed by atoms with Crippen molar-refractivity contribution in [2.45, 2.75) is 12.8 Å². The summed E-state index contributed by atoms with van der Waals surface area (Å²) in [6, 6.07) is 5.54. The molecular formula is C16H16N2O6. The van der Waals surface area contributed by atoms with E-state index in [1.807, 2.05) is 0 Å². The van der Waals surface area contributed by atoms with Crippen LogP contribution >= 0.6 is 0 Å². The lowest BCUT2D eigenvalue weighted by Gasteiger charge is -2.33. The number of nitro benzene ring substituents is 1. The number of hydrogen-bond donors (Lipinski definition) is 2. The highest BCUT2D eigenvalue weighted by Crippen LogP contribution is 2.41. The molecule has 2 N–H and O–H groups in total. The fourth-order valence-corrected chi connectivity index (χ4v) is 2.86. The molecule has 2 rings (SSSR count). The molecule has 126 valence electrons. The SMILES string of the molecule is C=C1NC(C)=C(C(=O)OC)C(c2cccc([N+](=O)[O-])c2)C1C(=O)O. The Balaban J connectivity index is 2.69. The van der Waals surface area contributed by atoms with Crippen LogP contribution in [0.1, 0.15) is 18.4 Å². The molecule has 1 aromatic rings. The Morgan fingerprint density at radius 3 is 2.62 bits per heavy atom. The van der Waals surface area contributed by atoms with Crippen molar-refractivity contribution < 1.29 is 24.4 Å². The van der Waals surface area contributed by atoms with Crippen molar-refractivity contribution in [3.63, 3.8) is 0 Å². The molecule has 8 nitrogen and oxygen atoms in total. The molecule has 2 unspecified atom stereocenters. The predicted octanol–water partition coefficient (Wildman–Crippen LogP) is 1.94. The second kappa shape index (κ2) is 6.53. The molecule has 24 heavy (non-hydrogen) atoms. The highest BCUT2D eigenvalue weighted by Gasteiger charge is 2.42. The molecule has 0 fully saturated rings. The van der Waals surface area contributed by atoms with E-state index in [1.165, 1.54) is 25.3 Å². The number of carbonyl (C=O) groups is 2. The molecule has 1 aliphatic heterocycles. The minimum atomic E-state index is -1.20. The van der Waals surface area contributed by atoms with Crippen LogP contribution in [0.15, 0.2) is 47.8 Å². The summed E-state index contributed by atoms with van der Waals surface area (Å²) < 4.78 is 4.76. The van der Waals surface area contributed by atoms with Crippen LogP contribution in [0.25, 0.3) is 0 Å². The van der Waals surface area contributed by atoms with Crippen molar-refractivity contribution in [2.24, 2.45) is 5.92 Å². The minimum absolute atomic E-state index is 0.109. The molecule has 0 aromatic heterocycles. The number of aliphatic carboxylic acids is 1. The molecular weight excluding hydrogens is 316 g/mol. The van der Waals surface area contributed by atoms with Crippen LogP contribution in [0, 0.1) is 16.0 Å².